The van der Waals surface area contributed by atoms with Gasteiger partial charge in [-0.2, -0.15) is 0 Å². The van der Waals surface area contributed by atoms with Gasteiger partial charge in [0, 0.05) is 5.38 Å². The van der Waals surface area contributed by atoms with Gasteiger partial charge >= 0.3 is 5.97 Å². The molecule has 1 fully saturated rings. The van der Waals surface area contributed by atoms with Crippen LogP contribution in [0.5, 0.6) is 0 Å². The number of hydrogen-bond donors (Lipinski definition) is 3. The summed E-state index contributed by atoms with van der Waals surface area (Å²) in [5, 5.41) is 14.1. The van der Waals surface area contributed by atoms with Crippen molar-refractivity contribution < 1.29 is 19.5 Å². The Balaban J connectivity index is 1.85. The van der Waals surface area contributed by atoms with Crippen molar-refractivity contribution in [3.05, 3.63) is 53.2 Å². The number of rotatable bonds is 5. The molecule has 0 spiro atoms. The largest absolute Gasteiger partial charge is 0.477 e. The Hall–Kier alpha value is -3.20. The smallest absolute Gasteiger partial charge is 0.352 e. The highest BCUT2D eigenvalue weighted by Crippen LogP contribution is 2.35. The maximum absolute atomic E-state index is 12.6. The van der Waals surface area contributed by atoms with Gasteiger partial charge in [-0.3, -0.25) is 14.5 Å². The molecule has 2 atom stereocenters. The van der Waals surface area contributed by atoms with Crippen molar-refractivity contribution in [1.29, 1.82) is 0 Å². The third-order valence-corrected chi connectivity index (χ3v) is 5.13. The molecule has 0 aliphatic carbocycles. The van der Waals surface area contributed by atoms with Crippen LogP contribution < -0.4 is 11.1 Å². The van der Waals surface area contributed by atoms with Gasteiger partial charge in [0.2, 0.25) is 0 Å². The number of nitrogens with two attached hydrogens (primary N) is 1. The highest BCUT2D eigenvalue weighted by molar-refractivity contribution is 7.13. The van der Waals surface area contributed by atoms with Gasteiger partial charge in [0.15, 0.2) is 5.13 Å². The Bertz CT molecular complexity index is 943. The lowest BCUT2D eigenvalue weighted by atomic mass is 9.92. The van der Waals surface area contributed by atoms with E-state index in [1.54, 1.807) is 11.5 Å². The first kappa shape index (κ1) is 18.6. The number of nitrogens with one attached hydrogen (secondary N) is 1. The predicted molar refractivity (Wildman–Crippen MR) is 101 cm³/mol. The maximum atomic E-state index is 12.6. The zero-order valence-electron chi connectivity index (χ0n) is 14.6. The minimum absolute atomic E-state index is 0.0873. The lowest BCUT2D eigenvalue weighted by molar-refractivity contribution is -0.151. The van der Waals surface area contributed by atoms with Crippen LogP contribution in [0.3, 0.4) is 0 Å². The zero-order valence-corrected chi connectivity index (χ0v) is 15.4. The van der Waals surface area contributed by atoms with Crippen molar-refractivity contribution in [3.8, 4) is 0 Å². The number of allylic oxidation sites excluding steroid dienone is 3. The number of nitrogen functional groups attached to an aromatic ring is 1. The van der Waals surface area contributed by atoms with Crippen molar-refractivity contribution in [3.63, 3.8) is 0 Å². The molecular formula is C18H18N4O4S. The summed E-state index contributed by atoms with van der Waals surface area (Å²) in [6.45, 7) is 9.18. The number of amides is 2. The van der Waals surface area contributed by atoms with Crippen LogP contribution in [0.1, 0.15) is 19.0 Å². The minimum Gasteiger partial charge on any atom is -0.477 e. The Labute approximate surface area is 159 Å². The monoisotopic (exact) mass is 386 g/mol. The standard InChI is InChI=1S/C18H18N4O4S/c1-4-10-5-8(2)6-12-13(16(24)22(12)14(10)17(25)26)21-15(23)9(3)11-7-27-18(19)20-11/h4,6-7,12-13H,1,3,5H2,2H3,(H2,19,20)(H,21,23)(H,25,26)/t12-,13?/m1/s1. The summed E-state index contributed by atoms with van der Waals surface area (Å²) in [5.74, 6) is -2.27. The highest BCUT2D eigenvalue weighted by atomic mass is 32.1. The first-order valence-corrected chi connectivity index (χ1v) is 8.93. The molecule has 4 N–H and O–H groups in total. The normalized spacial score (nSPS) is 21.6. The van der Waals surface area contributed by atoms with Crippen LogP contribution >= 0.6 is 11.3 Å². The summed E-state index contributed by atoms with van der Waals surface area (Å²) in [5.41, 5.74) is 7.22. The van der Waals surface area contributed by atoms with E-state index in [9.17, 15) is 19.5 Å². The average Bonchev–Trinajstić information content (AvgIpc) is 3.00. The van der Waals surface area contributed by atoms with Crippen LogP contribution in [0.15, 0.2) is 47.5 Å². The number of thiazole rings is 1. The van der Waals surface area contributed by atoms with E-state index in [4.69, 9.17) is 5.73 Å². The molecule has 0 radical (unpaired) electrons. The number of carboxylic acid groups (broad SMARTS) is 1. The molecule has 140 valence electrons. The molecule has 0 aromatic carbocycles. The van der Waals surface area contributed by atoms with Gasteiger partial charge in [0.05, 0.1) is 17.3 Å². The Morgan fingerprint density at radius 2 is 2.22 bits per heavy atom. The second-order valence-corrected chi connectivity index (χ2v) is 7.16. The first-order valence-electron chi connectivity index (χ1n) is 8.05. The number of carbonyl (C=O) groups excluding carboxylic acids is 2. The number of anilines is 1. The zero-order chi connectivity index (χ0) is 19.9. The third-order valence-electron chi connectivity index (χ3n) is 4.45. The van der Waals surface area contributed by atoms with Gasteiger partial charge in [-0.1, -0.05) is 30.9 Å². The molecule has 27 heavy (non-hydrogen) atoms. The number of aliphatic carboxylic acids is 1. The molecule has 9 heteroatoms. The topological polar surface area (TPSA) is 126 Å². The number of aromatic nitrogens is 1. The van der Waals surface area contributed by atoms with E-state index in [2.05, 4.69) is 23.5 Å². The molecule has 1 saturated heterocycles. The molecule has 0 saturated carbocycles. The third kappa shape index (κ3) is 3.17. The Kier molecular flexibility index (Phi) is 4.71. The summed E-state index contributed by atoms with van der Waals surface area (Å²) >= 11 is 1.18. The van der Waals surface area contributed by atoms with Crippen molar-refractivity contribution in [1.82, 2.24) is 15.2 Å². The fourth-order valence-electron chi connectivity index (χ4n) is 3.16. The lowest BCUT2D eigenvalue weighted by Crippen LogP contribution is -2.70. The quantitative estimate of drug-likeness (QED) is 0.398. The summed E-state index contributed by atoms with van der Waals surface area (Å²) in [6.07, 6.45) is 3.60. The number of β-lactam (4-membered cyclic amide) rings is 1. The van der Waals surface area contributed by atoms with E-state index in [1.807, 2.05) is 6.92 Å². The predicted octanol–water partition coefficient (Wildman–Crippen LogP) is 1.31. The molecule has 1 unspecified atom stereocenters. The fraction of sp³-hybridized carbons (Fsp3) is 0.222. The number of fused-ring (bicyclic) bond motifs is 1. The first-order chi connectivity index (χ1) is 12.7. The number of carbonyl (C=O) groups is 3. The van der Waals surface area contributed by atoms with Crippen molar-refractivity contribution >= 4 is 39.8 Å². The maximum Gasteiger partial charge on any atom is 0.352 e. The fourth-order valence-corrected chi connectivity index (χ4v) is 3.73. The van der Waals surface area contributed by atoms with Crippen LogP contribution in [-0.4, -0.2) is 44.9 Å². The number of nitrogens with zero attached hydrogens (tertiary/aromatic N) is 2. The lowest BCUT2D eigenvalue weighted by Gasteiger charge is -2.45. The van der Waals surface area contributed by atoms with Crippen LogP contribution in [0, 0.1) is 0 Å². The molecule has 1 aromatic heterocycles. The summed E-state index contributed by atoms with van der Waals surface area (Å²) in [6, 6.07) is -1.46. The Morgan fingerprint density at radius 3 is 2.78 bits per heavy atom. The van der Waals surface area contributed by atoms with E-state index in [-0.39, 0.29) is 11.3 Å². The molecule has 8 nitrogen and oxygen atoms in total. The molecule has 2 aliphatic rings. The van der Waals surface area contributed by atoms with Crippen molar-refractivity contribution in [2.75, 3.05) is 5.73 Å². The molecule has 1 aromatic rings. The van der Waals surface area contributed by atoms with E-state index < -0.39 is 29.9 Å². The van der Waals surface area contributed by atoms with Crippen LogP contribution in [0.25, 0.3) is 5.57 Å². The van der Waals surface area contributed by atoms with Crippen molar-refractivity contribution in [2.24, 2.45) is 0 Å². The highest BCUT2D eigenvalue weighted by Gasteiger charge is 2.51. The van der Waals surface area contributed by atoms with E-state index in [1.165, 1.54) is 22.3 Å². The summed E-state index contributed by atoms with van der Waals surface area (Å²) < 4.78 is 0. The van der Waals surface area contributed by atoms with E-state index in [0.717, 1.165) is 5.57 Å². The van der Waals surface area contributed by atoms with Gasteiger partial charge in [0.25, 0.3) is 11.8 Å². The summed E-state index contributed by atoms with van der Waals surface area (Å²) in [4.78, 5) is 42.0. The second kappa shape index (κ2) is 6.84. The van der Waals surface area contributed by atoms with Gasteiger partial charge < -0.3 is 16.2 Å². The summed E-state index contributed by atoms with van der Waals surface area (Å²) in [7, 11) is 0. The van der Waals surface area contributed by atoms with Gasteiger partial charge in [-0.25, -0.2) is 9.78 Å². The van der Waals surface area contributed by atoms with Gasteiger partial charge in [-0.15, -0.1) is 11.3 Å². The molecule has 3 heterocycles. The van der Waals surface area contributed by atoms with E-state index >= 15 is 0 Å². The Morgan fingerprint density at radius 1 is 1.52 bits per heavy atom. The number of hydrogen-bond acceptors (Lipinski definition) is 6. The van der Waals surface area contributed by atoms with E-state index in [0.29, 0.717) is 22.8 Å². The molecule has 2 amide bonds. The SMILES string of the molecule is C=CC1=C(C(=O)O)N2C(=O)C(NC(=O)C(=C)c3csc(N)n3)[C@H]2C=C(C)C1. The van der Waals surface area contributed by atoms with Crippen LogP contribution in [0.2, 0.25) is 0 Å². The molecule has 2 aliphatic heterocycles. The van der Waals surface area contributed by atoms with Gasteiger partial charge in [-0.05, 0) is 18.9 Å². The van der Waals surface area contributed by atoms with Gasteiger partial charge in [0.1, 0.15) is 11.7 Å². The average molecular weight is 386 g/mol. The number of carboxylic acids is 1. The second-order valence-electron chi connectivity index (χ2n) is 6.27. The molecule has 0 bridgehead atoms. The molecule has 3 rings (SSSR count). The minimum atomic E-state index is -1.21. The van der Waals surface area contributed by atoms with Crippen LogP contribution in [-0.2, 0) is 14.4 Å². The molecular weight excluding hydrogens is 368 g/mol. The van der Waals surface area contributed by atoms with Crippen molar-refractivity contribution in [2.45, 2.75) is 25.4 Å². The van der Waals surface area contributed by atoms with Crippen LogP contribution in [0.4, 0.5) is 5.13 Å².